The first-order valence-electron chi connectivity index (χ1n) is 11.8. The van der Waals surface area contributed by atoms with E-state index in [0.717, 1.165) is 58.0 Å². The summed E-state index contributed by atoms with van der Waals surface area (Å²) in [5, 5.41) is 11.0. The third-order valence-electron chi connectivity index (χ3n) is 6.93. The van der Waals surface area contributed by atoms with Gasteiger partial charge < -0.3 is 19.4 Å². The number of para-hydroxylation sites is 3. The molecule has 0 unspecified atom stereocenters. The summed E-state index contributed by atoms with van der Waals surface area (Å²) in [4.78, 5) is 15.8. The second kappa shape index (κ2) is 9.69. The SMILES string of the molecule is CCc1nc2ccccc2n1-c1cccc2c1OC[C@H]2Cc1ccc2c(c1)OC[C@H]2CC(=O)[O-].[Na+]. The fourth-order valence-corrected chi connectivity index (χ4v) is 5.32. The van der Waals surface area contributed by atoms with Crippen LogP contribution in [0.3, 0.4) is 0 Å². The third kappa shape index (κ3) is 4.24. The molecule has 172 valence electrons. The Kier molecular flexibility index (Phi) is 6.62. The monoisotopic (exact) mass is 476 g/mol. The van der Waals surface area contributed by atoms with Crippen molar-refractivity contribution in [1.82, 2.24) is 9.55 Å². The Balaban J connectivity index is 0.00000253. The molecule has 0 bridgehead atoms. The van der Waals surface area contributed by atoms with Crippen LogP contribution in [0.15, 0.2) is 60.7 Å². The van der Waals surface area contributed by atoms with Gasteiger partial charge in [-0.1, -0.05) is 43.3 Å². The molecule has 4 aromatic rings. The van der Waals surface area contributed by atoms with E-state index in [1.807, 2.05) is 30.3 Å². The molecule has 0 fully saturated rings. The van der Waals surface area contributed by atoms with Crippen LogP contribution in [0.2, 0.25) is 0 Å². The van der Waals surface area contributed by atoms with Crippen LogP contribution >= 0.6 is 0 Å². The summed E-state index contributed by atoms with van der Waals surface area (Å²) in [5.74, 6) is 1.78. The maximum absolute atomic E-state index is 11.0. The molecule has 6 nitrogen and oxygen atoms in total. The summed E-state index contributed by atoms with van der Waals surface area (Å²) in [6.45, 7) is 3.13. The summed E-state index contributed by atoms with van der Waals surface area (Å²) in [7, 11) is 0. The second-order valence-electron chi connectivity index (χ2n) is 9.07. The summed E-state index contributed by atoms with van der Waals surface area (Å²) >= 11 is 0. The van der Waals surface area contributed by atoms with Crippen molar-refractivity contribution in [1.29, 1.82) is 0 Å². The Bertz CT molecular complexity index is 1410. The molecule has 3 aromatic carbocycles. The summed E-state index contributed by atoms with van der Waals surface area (Å²) < 4.78 is 14.3. The number of carboxylic acids is 1. The average Bonchev–Trinajstić information content (AvgIpc) is 3.54. The van der Waals surface area contributed by atoms with Crippen molar-refractivity contribution in [2.24, 2.45) is 0 Å². The number of hydrogen-bond acceptors (Lipinski definition) is 5. The zero-order chi connectivity index (χ0) is 23.2. The summed E-state index contributed by atoms with van der Waals surface area (Å²) in [6, 6.07) is 20.7. The Morgan fingerprint density at radius 2 is 1.86 bits per heavy atom. The molecule has 3 heterocycles. The number of nitrogens with zero attached hydrogens (tertiary/aromatic N) is 2. The molecule has 0 radical (unpaired) electrons. The standard InChI is InChI=1S/C28H26N2O4.Na/c1-2-26-29-22-7-3-4-8-23(22)30(26)24-9-5-6-21-18(16-34-28(21)24)12-17-10-11-20-19(14-27(31)32)15-33-25(20)13-17;/h3-11,13,18-19H,2,12,14-16H2,1H3,(H,31,32);/q;+1/p-1/t18-,19-;/m1./s1. The van der Waals surface area contributed by atoms with Crippen molar-refractivity contribution < 1.29 is 48.9 Å². The minimum atomic E-state index is -1.04. The number of benzene rings is 3. The van der Waals surface area contributed by atoms with Gasteiger partial charge in [0.2, 0.25) is 0 Å². The Labute approximate surface area is 226 Å². The van der Waals surface area contributed by atoms with Gasteiger partial charge in [0.05, 0.1) is 29.9 Å². The number of imidazole rings is 1. The maximum atomic E-state index is 11.0. The van der Waals surface area contributed by atoms with E-state index in [2.05, 4.69) is 41.8 Å². The number of hydrogen-bond donors (Lipinski definition) is 0. The van der Waals surface area contributed by atoms with Gasteiger partial charge in [0.25, 0.3) is 0 Å². The van der Waals surface area contributed by atoms with Gasteiger partial charge in [0, 0.05) is 35.4 Å². The molecule has 0 saturated carbocycles. The van der Waals surface area contributed by atoms with E-state index in [1.54, 1.807) is 0 Å². The van der Waals surface area contributed by atoms with Crippen molar-refractivity contribution in [3.05, 3.63) is 83.2 Å². The number of ether oxygens (including phenoxy) is 2. The Morgan fingerprint density at radius 3 is 2.69 bits per heavy atom. The number of fused-ring (bicyclic) bond motifs is 3. The van der Waals surface area contributed by atoms with Crippen LogP contribution < -0.4 is 44.1 Å². The van der Waals surface area contributed by atoms with Crippen molar-refractivity contribution >= 4 is 17.0 Å². The number of carbonyl (C=O) groups excluding carboxylic acids is 1. The average molecular weight is 477 g/mol. The van der Waals surface area contributed by atoms with Gasteiger partial charge in [-0.2, -0.15) is 0 Å². The summed E-state index contributed by atoms with van der Waals surface area (Å²) in [5.41, 5.74) is 6.42. The van der Waals surface area contributed by atoms with Gasteiger partial charge in [-0.25, -0.2) is 4.98 Å². The molecule has 0 aliphatic carbocycles. The van der Waals surface area contributed by atoms with Crippen molar-refractivity contribution in [3.8, 4) is 17.2 Å². The van der Waals surface area contributed by atoms with Crippen molar-refractivity contribution in [3.63, 3.8) is 0 Å². The van der Waals surface area contributed by atoms with Crippen LogP contribution in [0.25, 0.3) is 16.7 Å². The van der Waals surface area contributed by atoms with Gasteiger partial charge in [-0.05, 0) is 42.7 Å². The maximum Gasteiger partial charge on any atom is 1.00 e. The van der Waals surface area contributed by atoms with Crippen LogP contribution in [0.5, 0.6) is 11.5 Å². The number of carbonyl (C=O) groups is 1. The van der Waals surface area contributed by atoms with E-state index in [1.165, 1.54) is 5.56 Å². The normalized spacial score (nSPS) is 17.9. The molecule has 0 spiro atoms. The van der Waals surface area contributed by atoms with Gasteiger partial charge in [-0.15, -0.1) is 0 Å². The van der Waals surface area contributed by atoms with Crippen molar-refractivity contribution in [2.45, 2.75) is 38.0 Å². The predicted molar refractivity (Wildman–Crippen MR) is 127 cm³/mol. The first-order chi connectivity index (χ1) is 16.6. The van der Waals surface area contributed by atoms with Gasteiger partial charge in [0.15, 0.2) is 0 Å². The fourth-order valence-electron chi connectivity index (χ4n) is 5.32. The second-order valence-corrected chi connectivity index (χ2v) is 9.07. The predicted octanol–water partition coefficient (Wildman–Crippen LogP) is 0.927. The molecule has 7 heteroatoms. The molecule has 0 saturated heterocycles. The van der Waals surface area contributed by atoms with E-state index in [-0.39, 0.29) is 47.8 Å². The van der Waals surface area contributed by atoms with E-state index in [4.69, 9.17) is 14.5 Å². The molecule has 2 aliphatic rings. The molecule has 2 aliphatic heterocycles. The van der Waals surface area contributed by atoms with E-state index in [0.29, 0.717) is 13.2 Å². The molecule has 0 amide bonds. The fraction of sp³-hybridized carbons (Fsp3) is 0.286. The van der Waals surface area contributed by atoms with Crippen molar-refractivity contribution in [2.75, 3.05) is 13.2 Å². The van der Waals surface area contributed by atoms with Crippen LogP contribution in [0.4, 0.5) is 0 Å². The molecule has 35 heavy (non-hydrogen) atoms. The summed E-state index contributed by atoms with van der Waals surface area (Å²) in [6.07, 6.45) is 1.64. The van der Waals surface area contributed by atoms with Gasteiger partial charge >= 0.3 is 29.6 Å². The third-order valence-corrected chi connectivity index (χ3v) is 6.93. The quantitative estimate of drug-likeness (QED) is 0.387. The zero-order valence-corrected chi connectivity index (χ0v) is 22.0. The first-order valence-corrected chi connectivity index (χ1v) is 11.8. The minimum Gasteiger partial charge on any atom is -0.550 e. The minimum absolute atomic E-state index is 0. The molecule has 1 aromatic heterocycles. The molecular weight excluding hydrogens is 451 g/mol. The largest absolute Gasteiger partial charge is 1.00 e. The number of rotatable bonds is 6. The zero-order valence-electron chi connectivity index (χ0n) is 20.0. The number of aliphatic carboxylic acids is 1. The van der Waals surface area contributed by atoms with Crippen LogP contribution in [0, 0.1) is 0 Å². The number of aryl methyl sites for hydroxylation is 1. The molecular formula is C28H25N2NaO4. The smallest absolute Gasteiger partial charge is 0.550 e. The Morgan fingerprint density at radius 1 is 1.03 bits per heavy atom. The number of aromatic nitrogens is 2. The van der Waals surface area contributed by atoms with E-state index >= 15 is 0 Å². The topological polar surface area (TPSA) is 76.4 Å². The van der Waals surface area contributed by atoms with Crippen LogP contribution in [-0.2, 0) is 17.6 Å². The van der Waals surface area contributed by atoms with Crippen LogP contribution in [0.1, 0.15) is 47.7 Å². The molecule has 6 rings (SSSR count). The van der Waals surface area contributed by atoms with E-state index < -0.39 is 5.97 Å². The van der Waals surface area contributed by atoms with Gasteiger partial charge in [0.1, 0.15) is 17.3 Å². The molecule has 0 N–H and O–H groups in total. The molecule has 2 atom stereocenters. The van der Waals surface area contributed by atoms with E-state index in [9.17, 15) is 9.90 Å². The Hall–Kier alpha value is -2.80. The first kappa shape index (κ1) is 23.9. The van der Waals surface area contributed by atoms with Gasteiger partial charge in [-0.3, -0.25) is 4.57 Å². The number of carboxylic acid groups (broad SMARTS) is 1. The van der Waals surface area contributed by atoms with Crippen LogP contribution in [-0.4, -0.2) is 28.7 Å².